The summed E-state index contributed by atoms with van der Waals surface area (Å²) in [5, 5.41) is 0. The summed E-state index contributed by atoms with van der Waals surface area (Å²) in [6.45, 7) is 4.82. The van der Waals surface area contributed by atoms with Crippen LogP contribution in [0.15, 0.2) is 60.7 Å². The van der Waals surface area contributed by atoms with Gasteiger partial charge in [0, 0.05) is 17.8 Å². The second kappa shape index (κ2) is 6.30. The molecular formula is C22H20FN3. The Bertz CT molecular complexity index is 1080. The molecule has 4 rings (SSSR count). The van der Waals surface area contributed by atoms with Crippen LogP contribution in [0.4, 0.5) is 10.1 Å². The number of nitrogens with zero attached hydrogens (tertiary/aromatic N) is 2. The van der Waals surface area contributed by atoms with Crippen molar-refractivity contribution in [1.29, 1.82) is 0 Å². The molecule has 0 unspecified atom stereocenters. The van der Waals surface area contributed by atoms with Gasteiger partial charge in [-0.15, -0.1) is 0 Å². The number of fused-ring (bicyclic) bond motifs is 1. The average molecular weight is 345 g/mol. The number of rotatable bonds is 3. The van der Waals surface area contributed by atoms with Gasteiger partial charge in [0.25, 0.3) is 0 Å². The molecule has 0 atom stereocenters. The Kier molecular flexibility index (Phi) is 3.96. The number of hydrogen-bond acceptors (Lipinski definition) is 2. The van der Waals surface area contributed by atoms with Gasteiger partial charge in [-0.1, -0.05) is 12.1 Å². The van der Waals surface area contributed by atoms with E-state index < -0.39 is 0 Å². The first kappa shape index (κ1) is 16.3. The molecule has 0 saturated heterocycles. The summed E-state index contributed by atoms with van der Waals surface area (Å²) < 4.78 is 15.4. The summed E-state index contributed by atoms with van der Waals surface area (Å²) in [7, 11) is 0. The topological polar surface area (TPSA) is 43.8 Å². The Morgan fingerprint density at radius 2 is 1.58 bits per heavy atom. The van der Waals surface area contributed by atoms with Crippen LogP contribution in [0.3, 0.4) is 0 Å². The number of benzene rings is 3. The van der Waals surface area contributed by atoms with E-state index >= 15 is 0 Å². The maximum Gasteiger partial charge on any atom is 0.141 e. The Labute approximate surface area is 151 Å². The van der Waals surface area contributed by atoms with Crippen LogP contribution in [0, 0.1) is 19.7 Å². The highest BCUT2D eigenvalue weighted by Crippen LogP contribution is 2.28. The minimum absolute atomic E-state index is 0.227. The highest BCUT2D eigenvalue weighted by molar-refractivity contribution is 5.82. The normalized spacial score (nSPS) is 11.2. The molecule has 0 bridgehead atoms. The molecule has 3 aromatic carbocycles. The minimum atomic E-state index is -0.227. The molecule has 130 valence electrons. The largest absolute Gasteiger partial charge is 0.399 e. The van der Waals surface area contributed by atoms with Gasteiger partial charge in [0.2, 0.25) is 0 Å². The van der Waals surface area contributed by atoms with Crippen molar-refractivity contribution in [2.75, 3.05) is 5.73 Å². The quantitative estimate of drug-likeness (QED) is 0.526. The number of aryl methyl sites for hydroxylation is 2. The third-order valence-electron chi connectivity index (χ3n) is 4.79. The Morgan fingerprint density at radius 1 is 0.923 bits per heavy atom. The zero-order valence-corrected chi connectivity index (χ0v) is 14.8. The molecule has 1 aromatic heterocycles. The van der Waals surface area contributed by atoms with Gasteiger partial charge in [-0.05, 0) is 79.1 Å². The maximum absolute atomic E-state index is 13.3. The van der Waals surface area contributed by atoms with Gasteiger partial charge in [-0.25, -0.2) is 9.37 Å². The van der Waals surface area contributed by atoms with E-state index in [1.807, 2.05) is 36.4 Å². The number of imidazole rings is 1. The number of anilines is 1. The smallest absolute Gasteiger partial charge is 0.141 e. The van der Waals surface area contributed by atoms with Crippen LogP contribution in [0.25, 0.3) is 22.4 Å². The third kappa shape index (κ3) is 2.94. The lowest BCUT2D eigenvalue weighted by atomic mass is 10.1. The first-order chi connectivity index (χ1) is 12.5. The fourth-order valence-corrected chi connectivity index (χ4v) is 3.17. The van der Waals surface area contributed by atoms with Crippen LogP contribution in [-0.2, 0) is 6.54 Å². The zero-order valence-electron chi connectivity index (χ0n) is 14.8. The maximum atomic E-state index is 13.3. The van der Waals surface area contributed by atoms with Crippen LogP contribution in [0.2, 0.25) is 0 Å². The summed E-state index contributed by atoms with van der Waals surface area (Å²) in [6, 6.07) is 18.6. The molecule has 0 amide bonds. The number of nitrogen functional groups attached to an aromatic ring is 1. The monoisotopic (exact) mass is 345 g/mol. The molecule has 0 spiro atoms. The summed E-state index contributed by atoms with van der Waals surface area (Å²) in [6.07, 6.45) is 0. The number of halogens is 1. The van der Waals surface area contributed by atoms with Crippen LogP contribution < -0.4 is 5.73 Å². The highest BCUT2D eigenvalue weighted by Gasteiger charge is 2.14. The average Bonchev–Trinajstić information content (AvgIpc) is 2.95. The van der Waals surface area contributed by atoms with E-state index in [1.54, 1.807) is 0 Å². The molecular weight excluding hydrogens is 325 g/mol. The molecule has 0 aliphatic heterocycles. The number of hydrogen-bond donors (Lipinski definition) is 1. The number of aromatic nitrogens is 2. The van der Waals surface area contributed by atoms with Crippen molar-refractivity contribution in [3.05, 3.63) is 83.2 Å². The lowest BCUT2D eigenvalue weighted by Gasteiger charge is -2.11. The standard InChI is InChI=1S/C22H20FN3/c1-14-11-20-21(12-15(14)2)26(13-16-3-7-18(23)8-4-16)22(25-20)17-5-9-19(24)10-6-17/h3-12H,13,24H2,1-2H3. The van der Waals surface area contributed by atoms with E-state index in [4.69, 9.17) is 10.7 Å². The Morgan fingerprint density at radius 3 is 2.27 bits per heavy atom. The van der Waals surface area contributed by atoms with Crippen molar-refractivity contribution in [3.63, 3.8) is 0 Å². The summed E-state index contributed by atoms with van der Waals surface area (Å²) in [5.41, 5.74) is 13.1. The molecule has 0 saturated carbocycles. The van der Waals surface area contributed by atoms with Gasteiger partial charge in [-0.3, -0.25) is 0 Å². The van der Waals surface area contributed by atoms with Gasteiger partial charge in [-0.2, -0.15) is 0 Å². The molecule has 0 aliphatic rings. The molecule has 2 N–H and O–H groups in total. The van der Waals surface area contributed by atoms with Crippen molar-refractivity contribution >= 4 is 16.7 Å². The van der Waals surface area contributed by atoms with Gasteiger partial charge in [0.15, 0.2) is 0 Å². The second-order valence-electron chi connectivity index (χ2n) is 6.70. The van der Waals surface area contributed by atoms with Gasteiger partial charge in [0.1, 0.15) is 11.6 Å². The highest BCUT2D eigenvalue weighted by atomic mass is 19.1. The first-order valence-corrected chi connectivity index (χ1v) is 8.59. The van der Waals surface area contributed by atoms with Crippen molar-refractivity contribution in [2.24, 2.45) is 0 Å². The van der Waals surface area contributed by atoms with Crippen LogP contribution in [-0.4, -0.2) is 9.55 Å². The fraction of sp³-hybridized carbons (Fsp3) is 0.136. The molecule has 0 radical (unpaired) electrons. The molecule has 4 heteroatoms. The molecule has 26 heavy (non-hydrogen) atoms. The lowest BCUT2D eigenvalue weighted by Crippen LogP contribution is -2.02. The van der Waals surface area contributed by atoms with Crippen molar-refractivity contribution in [2.45, 2.75) is 20.4 Å². The van der Waals surface area contributed by atoms with Crippen molar-refractivity contribution < 1.29 is 4.39 Å². The molecule has 3 nitrogen and oxygen atoms in total. The molecule has 0 fully saturated rings. The third-order valence-corrected chi connectivity index (χ3v) is 4.79. The Balaban J connectivity index is 1.91. The van der Waals surface area contributed by atoms with Crippen molar-refractivity contribution in [1.82, 2.24) is 9.55 Å². The summed E-state index contributed by atoms with van der Waals surface area (Å²) >= 11 is 0. The van der Waals surface area contributed by atoms with Crippen molar-refractivity contribution in [3.8, 4) is 11.4 Å². The first-order valence-electron chi connectivity index (χ1n) is 8.59. The number of nitrogens with two attached hydrogens (primary N) is 1. The summed E-state index contributed by atoms with van der Waals surface area (Å²) in [5.74, 6) is 0.656. The summed E-state index contributed by atoms with van der Waals surface area (Å²) in [4.78, 5) is 4.88. The fourth-order valence-electron chi connectivity index (χ4n) is 3.17. The van der Waals surface area contributed by atoms with Gasteiger partial charge in [0.05, 0.1) is 11.0 Å². The van der Waals surface area contributed by atoms with E-state index in [9.17, 15) is 4.39 Å². The minimum Gasteiger partial charge on any atom is -0.399 e. The Hall–Kier alpha value is -3.14. The predicted octanol–water partition coefficient (Wildman–Crippen LogP) is 5.09. The van der Waals surface area contributed by atoms with Gasteiger partial charge < -0.3 is 10.3 Å². The molecule has 4 aromatic rings. The lowest BCUT2D eigenvalue weighted by molar-refractivity contribution is 0.626. The zero-order chi connectivity index (χ0) is 18.3. The van der Waals surface area contributed by atoms with E-state index in [2.05, 4.69) is 30.5 Å². The van der Waals surface area contributed by atoms with E-state index in [1.165, 1.54) is 23.3 Å². The van der Waals surface area contributed by atoms with Crippen LogP contribution in [0.1, 0.15) is 16.7 Å². The van der Waals surface area contributed by atoms with Crippen LogP contribution >= 0.6 is 0 Å². The van der Waals surface area contributed by atoms with E-state index in [0.29, 0.717) is 6.54 Å². The predicted molar refractivity (Wildman–Crippen MR) is 105 cm³/mol. The molecule has 0 aliphatic carbocycles. The molecule has 1 heterocycles. The SMILES string of the molecule is Cc1cc2nc(-c3ccc(N)cc3)n(Cc3ccc(F)cc3)c2cc1C. The van der Waals surface area contributed by atoms with Gasteiger partial charge >= 0.3 is 0 Å². The van der Waals surface area contributed by atoms with E-state index in [0.717, 1.165) is 33.7 Å². The second-order valence-corrected chi connectivity index (χ2v) is 6.70. The van der Waals surface area contributed by atoms with Crippen LogP contribution in [0.5, 0.6) is 0 Å². The van der Waals surface area contributed by atoms with E-state index in [-0.39, 0.29) is 5.82 Å².